The molecular weight excluding hydrogens is 324 g/mol. The van der Waals surface area contributed by atoms with Crippen molar-refractivity contribution in [2.75, 3.05) is 27.8 Å². The van der Waals surface area contributed by atoms with Crippen LogP contribution in [0.3, 0.4) is 0 Å². The van der Waals surface area contributed by atoms with Gasteiger partial charge >= 0.3 is 5.97 Å². The fourth-order valence-corrected chi connectivity index (χ4v) is 2.63. The molecular formula is C14H18N2O6S. The largest absolute Gasteiger partial charge is 0.495 e. The highest BCUT2D eigenvalue weighted by Crippen LogP contribution is 2.27. The number of rotatable bonds is 7. The third-order valence-corrected chi connectivity index (χ3v) is 4.55. The number of nitrogens with two attached hydrogens (primary N) is 1. The van der Waals surface area contributed by atoms with Crippen molar-refractivity contribution >= 4 is 28.0 Å². The van der Waals surface area contributed by atoms with Gasteiger partial charge in [0.25, 0.3) is 5.91 Å². The maximum atomic E-state index is 12.3. The Balaban J connectivity index is 3.07. The lowest BCUT2D eigenvalue weighted by Crippen LogP contribution is -2.22. The summed E-state index contributed by atoms with van der Waals surface area (Å²) in [5.41, 5.74) is 5.30. The molecule has 0 aliphatic rings. The molecule has 2 N–H and O–H groups in total. The zero-order valence-electron chi connectivity index (χ0n) is 13.0. The highest BCUT2D eigenvalue weighted by molar-refractivity contribution is 7.89. The minimum atomic E-state index is -3.71. The second-order valence-electron chi connectivity index (χ2n) is 4.61. The molecule has 0 bridgehead atoms. The van der Waals surface area contributed by atoms with Gasteiger partial charge in [0.1, 0.15) is 10.6 Å². The van der Waals surface area contributed by atoms with Crippen molar-refractivity contribution in [1.29, 1.82) is 0 Å². The molecule has 0 fully saturated rings. The van der Waals surface area contributed by atoms with Crippen LogP contribution < -0.4 is 10.5 Å². The molecule has 0 aliphatic heterocycles. The van der Waals surface area contributed by atoms with Gasteiger partial charge < -0.3 is 15.2 Å². The molecule has 0 radical (unpaired) electrons. The first-order valence-electron chi connectivity index (χ1n) is 6.42. The topological polar surface area (TPSA) is 116 Å². The molecule has 0 aliphatic carbocycles. The second kappa shape index (κ2) is 7.75. The maximum absolute atomic E-state index is 12.3. The molecule has 1 aromatic rings. The van der Waals surface area contributed by atoms with E-state index in [0.717, 1.165) is 10.4 Å². The summed E-state index contributed by atoms with van der Waals surface area (Å²) in [6, 6.07) is 4.42. The van der Waals surface area contributed by atoms with Crippen molar-refractivity contribution in [1.82, 2.24) is 4.31 Å². The number of ether oxygens (including phenoxy) is 2. The fourth-order valence-electron chi connectivity index (χ4n) is 1.55. The van der Waals surface area contributed by atoms with Crippen LogP contribution in [-0.4, -0.2) is 52.4 Å². The zero-order chi connectivity index (χ0) is 17.6. The lowest BCUT2D eigenvalue weighted by Gasteiger charge is -2.14. The number of methoxy groups -OCH3 is 1. The third kappa shape index (κ3) is 5.08. The van der Waals surface area contributed by atoms with Crippen molar-refractivity contribution in [3.63, 3.8) is 0 Å². The molecule has 0 unspecified atom stereocenters. The van der Waals surface area contributed by atoms with Gasteiger partial charge in [0.05, 0.1) is 7.11 Å². The number of nitrogens with zero attached hydrogens (tertiary/aromatic N) is 1. The Kier molecular flexibility index (Phi) is 6.28. The molecule has 0 aromatic heterocycles. The van der Waals surface area contributed by atoms with Gasteiger partial charge in [-0.2, -0.15) is 0 Å². The monoisotopic (exact) mass is 342 g/mol. The Bertz CT molecular complexity index is 725. The SMILES string of the molecule is COc1ccc(/C=C/C(=O)OCC(N)=O)cc1S(=O)(=O)N(C)C. The number of amides is 1. The van der Waals surface area contributed by atoms with Crippen LogP contribution in [0, 0.1) is 0 Å². The van der Waals surface area contributed by atoms with Gasteiger partial charge in [0.15, 0.2) is 6.61 Å². The van der Waals surface area contributed by atoms with E-state index in [0.29, 0.717) is 5.56 Å². The minimum Gasteiger partial charge on any atom is -0.495 e. The molecule has 0 saturated heterocycles. The number of carbonyl (C=O) groups excluding carboxylic acids is 2. The molecule has 1 amide bonds. The molecule has 0 spiro atoms. The first-order valence-corrected chi connectivity index (χ1v) is 7.86. The van der Waals surface area contributed by atoms with Crippen molar-refractivity contribution in [2.24, 2.45) is 5.73 Å². The summed E-state index contributed by atoms with van der Waals surface area (Å²) >= 11 is 0. The number of esters is 1. The molecule has 9 heteroatoms. The number of hydrogen-bond donors (Lipinski definition) is 1. The number of primary amides is 1. The lowest BCUT2D eigenvalue weighted by atomic mass is 10.2. The van der Waals surface area contributed by atoms with Gasteiger partial charge in [-0.25, -0.2) is 17.5 Å². The van der Waals surface area contributed by atoms with E-state index in [1.54, 1.807) is 6.07 Å². The average molecular weight is 342 g/mol. The summed E-state index contributed by atoms with van der Waals surface area (Å²) in [7, 11) is 0.459. The van der Waals surface area contributed by atoms with Crippen LogP contribution in [0.2, 0.25) is 0 Å². The van der Waals surface area contributed by atoms with Crippen LogP contribution in [0.1, 0.15) is 5.56 Å². The van der Waals surface area contributed by atoms with Gasteiger partial charge in [-0.1, -0.05) is 6.07 Å². The highest BCUT2D eigenvalue weighted by Gasteiger charge is 2.22. The summed E-state index contributed by atoms with van der Waals surface area (Å²) in [6.07, 6.45) is 2.42. The second-order valence-corrected chi connectivity index (χ2v) is 6.73. The van der Waals surface area contributed by atoms with Gasteiger partial charge in [-0.05, 0) is 23.8 Å². The Labute approximate surface area is 134 Å². The van der Waals surface area contributed by atoms with Crippen LogP contribution in [0.5, 0.6) is 5.75 Å². The van der Waals surface area contributed by atoms with E-state index in [2.05, 4.69) is 4.74 Å². The zero-order valence-corrected chi connectivity index (χ0v) is 13.8. The smallest absolute Gasteiger partial charge is 0.331 e. The van der Waals surface area contributed by atoms with Crippen LogP contribution in [0.25, 0.3) is 6.08 Å². The van der Waals surface area contributed by atoms with Crippen molar-refractivity contribution < 1.29 is 27.5 Å². The highest BCUT2D eigenvalue weighted by atomic mass is 32.2. The predicted octanol–water partition coefficient (Wildman–Crippen LogP) is -0.0128. The fraction of sp³-hybridized carbons (Fsp3) is 0.286. The average Bonchev–Trinajstić information content (AvgIpc) is 2.50. The molecule has 23 heavy (non-hydrogen) atoms. The van der Waals surface area contributed by atoms with Crippen molar-refractivity contribution in [3.8, 4) is 5.75 Å². The van der Waals surface area contributed by atoms with Crippen LogP contribution >= 0.6 is 0 Å². The van der Waals surface area contributed by atoms with E-state index in [1.807, 2.05) is 0 Å². The summed E-state index contributed by atoms with van der Waals surface area (Å²) in [6.45, 7) is -0.522. The molecule has 1 rings (SSSR count). The number of hydrogen-bond acceptors (Lipinski definition) is 6. The van der Waals surface area contributed by atoms with Gasteiger partial charge in [0, 0.05) is 20.2 Å². The van der Waals surface area contributed by atoms with Crippen LogP contribution in [-0.2, 0) is 24.3 Å². The maximum Gasteiger partial charge on any atom is 0.331 e. The first kappa shape index (κ1) is 18.7. The van der Waals surface area contributed by atoms with E-state index >= 15 is 0 Å². The van der Waals surface area contributed by atoms with Crippen LogP contribution in [0.4, 0.5) is 0 Å². The van der Waals surface area contributed by atoms with Crippen molar-refractivity contribution in [3.05, 3.63) is 29.8 Å². The summed E-state index contributed by atoms with van der Waals surface area (Å²) < 4.78 is 35.2. The lowest BCUT2D eigenvalue weighted by molar-refractivity contribution is -0.142. The summed E-state index contributed by atoms with van der Waals surface area (Å²) in [5, 5.41) is 0. The third-order valence-electron chi connectivity index (χ3n) is 2.71. The van der Waals surface area contributed by atoms with E-state index < -0.39 is 28.5 Å². The molecule has 0 heterocycles. The van der Waals surface area contributed by atoms with Crippen LogP contribution in [0.15, 0.2) is 29.2 Å². The first-order chi connectivity index (χ1) is 10.7. The van der Waals surface area contributed by atoms with Gasteiger partial charge in [-0.15, -0.1) is 0 Å². The Morgan fingerprint density at radius 2 is 1.96 bits per heavy atom. The van der Waals surface area contributed by atoms with Gasteiger partial charge in [-0.3, -0.25) is 4.79 Å². The predicted molar refractivity (Wildman–Crippen MR) is 83.1 cm³/mol. The van der Waals surface area contributed by atoms with Crippen molar-refractivity contribution in [2.45, 2.75) is 4.90 Å². The Morgan fingerprint density at radius 3 is 2.48 bits per heavy atom. The van der Waals surface area contributed by atoms with E-state index in [-0.39, 0.29) is 10.6 Å². The number of benzene rings is 1. The Morgan fingerprint density at radius 1 is 1.30 bits per heavy atom. The quantitative estimate of drug-likeness (QED) is 0.550. The van der Waals surface area contributed by atoms with E-state index in [1.165, 1.54) is 39.4 Å². The molecule has 0 atom stereocenters. The number of sulfonamides is 1. The molecule has 0 saturated carbocycles. The molecule has 1 aromatic carbocycles. The van der Waals surface area contributed by atoms with E-state index in [9.17, 15) is 18.0 Å². The Hall–Kier alpha value is -2.39. The summed E-state index contributed by atoms with van der Waals surface area (Å²) in [4.78, 5) is 21.8. The van der Waals surface area contributed by atoms with E-state index in [4.69, 9.17) is 10.5 Å². The normalized spacial score (nSPS) is 11.7. The standard InChI is InChI=1S/C14H18N2O6S/c1-16(2)23(19,20)12-8-10(4-6-11(12)21-3)5-7-14(18)22-9-13(15)17/h4-8H,9H2,1-3H3,(H2,15,17)/b7-5+. The molecule has 8 nitrogen and oxygen atoms in total. The van der Waals surface area contributed by atoms with Gasteiger partial charge in [0.2, 0.25) is 10.0 Å². The molecule has 126 valence electrons. The number of carbonyl (C=O) groups is 2. The minimum absolute atomic E-state index is 0.0300. The summed E-state index contributed by atoms with van der Waals surface area (Å²) in [5.74, 6) is -1.35.